The van der Waals surface area contributed by atoms with E-state index in [1.54, 1.807) is 0 Å². The largest absolute Gasteiger partial charge is 0.455 e. The summed E-state index contributed by atoms with van der Waals surface area (Å²) in [6, 6.07) is 18.9. The second-order valence-electron chi connectivity index (χ2n) is 12.1. The zero-order valence-corrected chi connectivity index (χ0v) is 26.2. The molecule has 0 aliphatic heterocycles. The van der Waals surface area contributed by atoms with Gasteiger partial charge in [-0.1, -0.05) is 121 Å². The summed E-state index contributed by atoms with van der Waals surface area (Å²) >= 11 is 0. The second-order valence-corrected chi connectivity index (χ2v) is 12.1. The maximum absolute atomic E-state index is 12.5. The molecule has 0 radical (unpaired) electrons. The highest BCUT2D eigenvalue weighted by molar-refractivity contribution is 5.69. The van der Waals surface area contributed by atoms with Gasteiger partial charge in [0.1, 0.15) is 12.3 Å². The fourth-order valence-corrected chi connectivity index (χ4v) is 5.28. The molecule has 40 heavy (non-hydrogen) atoms. The standard InChI is InChI=1S/C36H58NO3/c1-5-7-8-9-10-11-12-13-14-15-17-23-32-26-22-27-34(30-32)39-36(6-2)40-35(38)28-20-21-29-37(3,4)31-33-24-18-16-19-25-33/h16,18-19,22,24-27,30,36H,5-15,17,20-21,23,28-29,31H2,1-4H3/q+1. The van der Waals surface area contributed by atoms with Gasteiger partial charge in [0, 0.05) is 18.4 Å². The summed E-state index contributed by atoms with van der Waals surface area (Å²) in [6.45, 7) is 6.30. The van der Waals surface area contributed by atoms with Crippen LogP contribution in [-0.2, 0) is 22.5 Å². The van der Waals surface area contributed by atoms with Crippen LogP contribution in [0.1, 0.15) is 121 Å². The number of rotatable bonds is 23. The average molecular weight is 553 g/mol. The molecule has 0 aliphatic rings. The third-order valence-electron chi connectivity index (χ3n) is 7.68. The molecule has 2 aromatic rings. The van der Waals surface area contributed by atoms with Crippen molar-refractivity contribution in [1.29, 1.82) is 0 Å². The summed E-state index contributed by atoms with van der Waals surface area (Å²) in [4.78, 5) is 12.5. The van der Waals surface area contributed by atoms with Crippen molar-refractivity contribution in [3.8, 4) is 5.75 Å². The van der Waals surface area contributed by atoms with Crippen molar-refractivity contribution in [2.24, 2.45) is 0 Å². The summed E-state index contributed by atoms with van der Waals surface area (Å²) in [6.07, 6.45) is 18.4. The normalized spacial score (nSPS) is 12.3. The van der Waals surface area contributed by atoms with Gasteiger partial charge < -0.3 is 14.0 Å². The van der Waals surface area contributed by atoms with E-state index in [0.717, 1.165) is 42.6 Å². The number of carbonyl (C=O) groups is 1. The van der Waals surface area contributed by atoms with E-state index in [1.165, 1.54) is 81.8 Å². The lowest BCUT2D eigenvalue weighted by molar-refractivity contribution is -0.903. The summed E-state index contributed by atoms with van der Waals surface area (Å²) in [5.74, 6) is 0.623. The van der Waals surface area contributed by atoms with Gasteiger partial charge in [0.15, 0.2) is 0 Å². The van der Waals surface area contributed by atoms with E-state index in [0.29, 0.717) is 12.8 Å². The van der Waals surface area contributed by atoms with Gasteiger partial charge in [-0.2, -0.15) is 0 Å². The van der Waals surface area contributed by atoms with Crippen molar-refractivity contribution in [3.05, 3.63) is 65.7 Å². The molecule has 1 atom stereocenters. The van der Waals surface area contributed by atoms with Gasteiger partial charge in [-0.3, -0.25) is 4.79 Å². The Hall–Kier alpha value is -2.33. The first kappa shape index (κ1) is 33.9. The molecule has 4 nitrogen and oxygen atoms in total. The molecule has 4 heteroatoms. The van der Waals surface area contributed by atoms with Crippen LogP contribution in [0.3, 0.4) is 0 Å². The maximum Gasteiger partial charge on any atom is 0.308 e. The molecule has 2 aromatic carbocycles. The van der Waals surface area contributed by atoms with E-state index in [-0.39, 0.29) is 5.97 Å². The fourth-order valence-electron chi connectivity index (χ4n) is 5.28. The summed E-state index contributed by atoms with van der Waals surface area (Å²) in [7, 11) is 4.50. The zero-order chi connectivity index (χ0) is 28.9. The summed E-state index contributed by atoms with van der Waals surface area (Å²) < 4.78 is 12.7. The van der Waals surface area contributed by atoms with Crippen LogP contribution in [0.5, 0.6) is 5.75 Å². The van der Waals surface area contributed by atoms with Gasteiger partial charge in [-0.15, -0.1) is 0 Å². The van der Waals surface area contributed by atoms with Gasteiger partial charge in [0.2, 0.25) is 6.29 Å². The predicted octanol–water partition coefficient (Wildman–Crippen LogP) is 9.65. The van der Waals surface area contributed by atoms with Crippen LogP contribution < -0.4 is 4.74 Å². The number of carbonyl (C=O) groups excluding carboxylic acids is 1. The molecule has 1 unspecified atom stereocenters. The minimum Gasteiger partial charge on any atom is -0.455 e. The van der Waals surface area contributed by atoms with Crippen molar-refractivity contribution in [2.75, 3.05) is 20.6 Å². The van der Waals surface area contributed by atoms with Crippen LogP contribution in [0.4, 0.5) is 0 Å². The number of aryl methyl sites for hydroxylation is 1. The number of hydrogen-bond acceptors (Lipinski definition) is 3. The third kappa shape index (κ3) is 16.1. The number of esters is 1. The molecule has 0 N–H and O–H groups in total. The Morgan fingerprint density at radius 3 is 2.00 bits per heavy atom. The highest BCUT2D eigenvalue weighted by Gasteiger charge is 2.17. The Balaban J connectivity index is 1.60. The van der Waals surface area contributed by atoms with Crippen LogP contribution in [0, 0.1) is 0 Å². The second kappa shape index (κ2) is 20.5. The maximum atomic E-state index is 12.5. The van der Waals surface area contributed by atoms with Crippen LogP contribution in [-0.4, -0.2) is 37.4 Å². The van der Waals surface area contributed by atoms with Gasteiger partial charge in [0.05, 0.1) is 20.6 Å². The first-order chi connectivity index (χ1) is 19.4. The quantitative estimate of drug-likeness (QED) is 0.0596. The molecule has 0 heterocycles. The van der Waals surface area contributed by atoms with Crippen molar-refractivity contribution in [2.45, 2.75) is 129 Å². The predicted molar refractivity (Wildman–Crippen MR) is 168 cm³/mol. The number of hydrogen-bond donors (Lipinski definition) is 0. The molecule has 2 rings (SSSR count). The number of unbranched alkanes of at least 4 members (excludes halogenated alkanes) is 11. The van der Waals surface area contributed by atoms with E-state index >= 15 is 0 Å². The Morgan fingerprint density at radius 2 is 1.35 bits per heavy atom. The number of quaternary nitrogens is 1. The summed E-state index contributed by atoms with van der Waals surface area (Å²) in [5.41, 5.74) is 2.64. The number of ether oxygens (including phenoxy) is 2. The minimum atomic E-state index is -0.532. The lowest BCUT2D eigenvalue weighted by Crippen LogP contribution is -2.39. The Labute approximate surface area is 246 Å². The molecule has 224 valence electrons. The average Bonchev–Trinajstić information content (AvgIpc) is 2.94. The molecule has 0 saturated carbocycles. The van der Waals surface area contributed by atoms with Gasteiger partial charge in [0.25, 0.3) is 0 Å². The third-order valence-corrected chi connectivity index (χ3v) is 7.68. The molecule has 0 fully saturated rings. The zero-order valence-electron chi connectivity index (χ0n) is 26.2. The molecular weight excluding hydrogens is 494 g/mol. The molecule has 0 bridgehead atoms. The first-order valence-corrected chi connectivity index (χ1v) is 16.2. The van der Waals surface area contributed by atoms with Crippen molar-refractivity contribution in [1.82, 2.24) is 0 Å². The minimum absolute atomic E-state index is 0.169. The lowest BCUT2D eigenvalue weighted by atomic mass is 10.0. The van der Waals surface area contributed by atoms with Crippen LogP contribution >= 0.6 is 0 Å². The fraction of sp³-hybridized carbons (Fsp3) is 0.639. The molecule has 0 saturated heterocycles. The Morgan fingerprint density at radius 1 is 0.725 bits per heavy atom. The smallest absolute Gasteiger partial charge is 0.308 e. The van der Waals surface area contributed by atoms with Crippen LogP contribution in [0.2, 0.25) is 0 Å². The van der Waals surface area contributed by atoms with Crippen molar-refractivity contribution < 1.29 is 18.8 Å². The molecule has 0 aliphatic carbocycles. The first-order valence-electron chi connectivity index (χ1n) is 16.2. The Kier molecular flexibility index (Phi) is 17.4. The monoisotopic (exact) mass is 552 g/mol. The highest BCUT2D eigenvalue weighted by atomic mass is 16.7. The van der Waals surface area contributed by atoms with E-state index in [4.69, 9.17) is 9.47 Å². The highest BCUT2D eigenvalue weighted by Crippen LogP contribution is 2.20. The molecule has 0 aromatic heterocycles. The molecule has 0 spiro atoms. The Bertz CT molecular complexity index is 911. The van der Waals surface area contributed by atoms with Gasteiger partial charge in [-0.05, 0) is 43.4 Å². The topological polar surface area (TPSA) is 35.5 Å². The van der Waals surface area contributed by atoms with E-state index < -0.39 is 6.29 Å². The van der Waals surface area contributed by atoms with E-state index in [1.807, 2.05) is 19.1 Å². The van der Waals surface area contributed by atoms with Crippen LogP contribution in [0.25, 0.3) is 0 Å². The van der Waals surface area contributed by atoms with E-state index in [9.17, 15) is 4.79 Å². The summed E-state index contributed by atoms with van der Waals surface area (Å²) in [5, 5.41) is 0. The van der Waals surface area contributed by atoms with Crippen LogP contribution in [0.15, 0.2) is 54.6 Å². The van der Waals surface area contributed by atoms with E-state index in [2.05, 4.69) is 63.5 Å². The number of nitrogens with zero attached hydrogens (tertiary/aromatic N) is 1. The van der Waals surface area contributed by atoms with Crippen molar-refractivity contribution >= 4 is 5.97 Å². The van der Waals surface area contributed by atoms with Gasteiger partial charge in [-0.25, -0.2) is 0 Å². The SMILES string of the molecule is CCCCCCCCCCCCCc1cccc(OC(CC)OC(=O)CCCC[N+](C)(C)Cc2ccccc2)c1. The lowest BCUT2D eigenvalue weighted by Gasteiger charge is -2.30. The number of benzene rings is 2. The molecular formula is C36H58NO3+. The van der Waals surface area contributed by atoms with Gasteiger partial charge >= 0.3 is 5.97 Å². The van der Waals surface area contributed by atoms with Crippen molar-refractivity contribution in [3.63, 3.8) is 0 Å². The molecule has 0 amide bonds.